The van der Waals surface area contributed by atoms with Gasteiger partial charge in [-0.15, -0.1) is 5.10 Å². The molecule has 1 aromatic heterocycles. The summed E-state index contributed by atoms with van der Waals surface area (Å²) in [6, 6.07) is 16.2. The van der Waals surface area contributed by atoms with Crippen molar-refractivity contribution in [1.29, 1.82) is 0 Å². The molecule has 0 amide bonds. The van der Waals surface area contributed by atoms with E-state index < -0.39 is 0 Å². The first-order valence-corrected chi connectivity index (χ1v) is 9.74. The van der Waals surface area contributed by atoms with Crippen LogP contribution >= 0.6 is 12.2 Å². The second kappa shape index (κ2) is 9.03. The van der Waals surface area contributed by atoms with Gasteiger partial charge in [0.15, 0.2) is 24.0 Å². The Hall–Kier alpha value is -2.64. The van der Waals surface area contributed by atoms with E-state index in [1.54, 1.807) is 7.11 Å². The van der Waals surface area contributed by atoms with E-state index in [0.717, 1.165) is 29.4 Å². The number of rotatable bonds is 8. The van der Waals surface area contributed by atoms with Gasteiger partial charge in [-0.05, 0) is 37.3 Å². The first-order valence-electron chi connectivity index (χ1n) is 9.33. The molecule has 28 heavy (non-hydrogen) atoms. The fourth-order valence-electron chi connectivity index (χ4n) is 3.19. The number of benzene rings is 2. The minimum absolute atomic E-state index is 0.614. The number of quaternary nitrogens is 1. The molecule has 0 bridgehead atoms. The van der Waals surface area contributed by atoms with Crippen LogP contribution in [0.3, 0.4) is 0 Å². The van der Waals surface area contributed by atoms with Gasteiger partial charge in [0.25, 0.3) is 0 Å². The predicted molar refractivity (Wildman–Crippen MR) is 112 cm³/mol. The van der Waals surface area contributed by atoms with E-state index in [0.29, 0.717) is 18.0 Å². The Bertz CT molecular complexity index is 982. The zero-order chi connectivity index (χ0) is 20.1. The summed E-state index contributed by atoms with van der Waals surface area (Å²) >= 11 is 5.60. The highest BCUT2D eigenvalue weighted by atomic mass is 32.1. The normalized spacial score (nSPS) is 12.0. The summed E-state index contributed by atoms with van der Waals surface area (Å²) < 4.78 is 15.6. The summed E-state index contributed by atoms with van der Waals surface area (Å²) in [5, 5.41) is 4.74. The number of aromatic nitrogens is 3. The quantitative estimate of drug-likeness (QED) is 0.592. The second-order valence-corrected chi connectivity index (χ2v) is 7.11. The minimum atomic E-state index is 0.614. The molecule has 1 heterocycles. The molecule has 1 atom stereocenters. The van der Waals surface area contributed by atoms with Gasteiger partial charge in [0.05, 0.1) is 20.8 Å². The molecule has 0 saturated carbocycles. The van der Waals surface area contributed by atoms with Gasteiger partial charge in [-0.3, -0.25) is 0 Å². The van der Waals surface area contributed by atoms with Gasteiger partial charge < -0.3 is 18.9 Å². The highest BCUT2D eigenvalue weighted by Gasteiger charge is 2.14. The van der Waals surface area contributed by atoms with Crippen LogP contribution in [0.1, 0.15) is 12.5 Å². The highest BCUT2D eigenvalue weighted by Crippen LogP contribution is 2.27. The molecule has 0 radical (unpaired) electrons. The summed E-state index contributed by atoms with van der Waals surface area (Å²) in [6.07, 6.45) is 0. The van der Waals surface area contributed by atoms with E-state index in [2.05, 4.69) is 13.1 Å². The Balaban J connectivity index is 1.75. The van der Waals surface area contributed by atoms with Crippen molar-refractivity contribution in [1.82, 2.24) is 14.3 Å². The van der Waals surface area contributed by atoms with Gasteiger partial charge in [-0.2, -0.15) is 4.68 Å². The zero-order valence-electron chi connectivity index (χ0n) is 16.8. The van der Waals surface area contributed by atoms with Crippen LogP contribution in [-0.4, -0.2) is 35.1 Å². The molecule has 1 unspecified atom stereocenters. The zero-order valence-corrected chi connectivity index (χ0v) is 17.6. The number of hydrogen-bond donors (Lipinski definition) is 1. The number of ether oxygens (including phenoxy) is 2. The van der Waals surface area contributed by atoms with Crippen LogP contribution in [0.25, 0.3) is 11.4 Å². The van der Waals surface area contributed by atoms with Gasteiger partial charge in [-0.25, -0.2) is 0 Å². The lowest BCUT2D eigenvalue weighted by Crippen LogP contribution is -3.07. The Morgan fingerprint density at radius 3 is 2.54 bits per heavy atom. The fourth-order valence-corrected chi connectivity index (χ4v) is 3.38. The molecule has 0 aliphatic heterocycles. The first kappa shape index (κ1) is 20.1. The molecule has 6 nitrogen and oxygen atoms in total. The summed E-state index contributed by atoms with van der Waals surface area (Å²) in [4.78, 5) is 1.26. The van der Waals surface area contributed by atoms with Crippen LogP contribution in [0.15, 0.2) is 48.5 Å². The molecule has 0 saturated heterocycles. The van der Waals surface area contributed by atoms with Gasteiger partial charge in [0.1, 0.15) is 6.54 Å². The first-order chi connectivity index (χ1) is 13.5. The largest absolute Gasteiger partial charge is 0.493 e. The molecule has 2 aromatic carbocycles. The Labute approximate surface area is 170 Å². The van der Waals surface area contributed by atoms with Crippen molar-refractivity contribution < 1.29 is 14.4 Å². The molecule has 148 valence electrons. The Kier molecular flexibility index (Phi) is 6.49. The molecule has 3 rings (SSSR count). The van der Waals surface area contributed by atoms with E-state index in [1.165, 1.54) is 10.5 Å². The second-order valence-electron chi connectivity index (χ2n) is 6.74. The number of methoxy groups -OCH3 is 1. The predicted octanol–water partition coefficient (Wildman–Crippen LogP) is 2.70. The van der Waals surface area contributed by atoms with Gasteiger partial charge in [-0.1, -0.05) is 30.3 Å². The highest BCUT2D eigenvalue weighted by molar-refractivity contribution is 7.71. The molecular formula is C21H27N4O2S+. The fraction of sp³-hybridized carbons (Fsp3) is 0.333. The maximum atomic E-state index is 5.60. The SMILES string of the molecule is CCOc1ccc(C[NH+](C)Cn2nc(-c3ccccc3)n(C)c2=S)cc1OC. The summed E-state index contributed by atoms with van der Waals surface area (Å²) in [6.45, 7) is 4.07. The molecule has 1 N–H and O–H groups in total. The maximum Gasteiger partial charge on any atom is 0.202 e. The van der Waals surface area contributed by atoms with Crippen molar-refractivity contribution in [3.63, 3.8) is 0 Å². The van der Waals surface area contributed by atoms with Crippen LogP contribution in [0.5, 0.6) is 11.5 Å². The lowest BCUT2D eigenvalue weighted by Gasteiger charge is -2.15. The van der Waals surface area contributed by atoms with Crippen molar-refractivity contribution in [3.05, 3.63) is 58.9 Å². The number of hydrogen-bond acceptors (Lipinski definition) is 4. The molecule has 7 heteroatoms. The van der Waals surface area contributed by atoms with Gasteiger partial charge in [0, 0.05) is 18.2 Å². The van der Waals surface area contributed by atoms with Crippen LogP contribution in [0.2, 0.25) is 0 Å². The summed E-state index contributed by atoms with van der Waals surface area (Å²) in [5.74, 6) is 2.40. The van der Waals surface area contributed by atoms with Crippen LogP contribution in [-0.2, 0) is 20.3 Å². The van der Waals surface area contributed by atoms with Crippen LogP contribution in [0, 0.1) is 4.77 Å². The van der Waals surface area contributed by atoms with Crippen molar-refractivity contribution in [2.24, 2.45) is 7.05 Å². The van der Waals surface area contributed by atoms with E-state index in [-0.39, 0.29) is 0 Å². The molecule has 0 fully saturated rings. The third-order valence-corrected chi connectivity index (χ3v) is 5.01. The van der Waals surface area contributed by atoms with E-state index in [9.17, 15) is 0 Å². The lowest BCUT2D eigenvalue weighted by molar-refractivity contribution is -0.917. The van der Waals surface area contributed by atoms with Crippen molar-refractivity contribution in [2.75, 3.05) is 20.8 Å². The van der Waals surface area contributed by atoms with Gasteiger partial charge >= 0.3 is 0 Å². The monoisotopic (exact) mass is 399 g/mol. The van der Waals surface area contributed by atoms with E-state index in [4.69, 9.17) is 26.8 Å². The Morgan fingerprint density at radius 2 is 1.86 bits per heavy atom. The third-order valence-electron chi connectivity index (χ3n) is 4.53. The molecule has 0 spiro atoms. The molecule has 0 aliphatic carbocycles. The average Bonchev–Trinajstić information content (AvgIpc) is 2.98. The Morgan fingerprint density at radius 1 is 1.11 bits per heavy atom. The third kappa shape index (κ3) is 4.43. The number of nitrogens with zero attached hydrogens (tertiary/aromatic N) is 3. The lowest BCUT2D eigenvalue weighted by atomic mass is 10.2. The van der Waals surface area contributed by atoms with E-state index in [1.807, 2.05) is 65.7 Å². The summed E-state index contributed by atoms with van der Waals surface area (Å²) in [7, 11) is 5.75. The number of nitrogens with one attached hydrogen (secondary N) is 1. The summed E-state index contributed by atoms with van der Waals surface area (Å²) in [5.41, 5.74) is 2.23. The van der Waals surface area contributed by atoms with Crippen molar-refractivity contribution >= 4 is 12.2 Å². The van der Waals surface area contributed by atoms with Gasteiger partial charge in [0.2, 0.25) is 4.77 Å². The molecule has 3 aromatic rings. The van der Waals surface area contributed by atoms with Crippen LogP contribution < -0.4 is 14.4 Å². The smallest absolute Gasteiger partial charge is 0.202 e. The van der Waals surface area contributed by atoms with Crippen molar-refractivity contribution in [3.8, 4) is 22.9 Å². The standard InChI is InChI=1S/C21H26N4O2S/c1-5-27-18-12-11-16(13-19(18)26-4)14-23(2)15-25-21(28)24(3)20(22-25)17-9-7-6-8-10-17/h6-13H,5,14-15H2,1-4H3/p+1. The topological polar surface area (TPSA) is 45.7 Å². The average molecular weight is 400 g/mol. The maximum absolute atomic E-state index is 5.60. The molecular weight excluding hydrogens is 372 g/mol. The van der Waals surface area contributed by atoms with E-state index >= 15 is 0 Å². The van der Waals surface area contributed by atoms with Crippen LogP contribution in [0.4, 0.5) is 0 Å². The molecule has 0 aliphatic rings. The minimum Gasteiger partial charge on any atom is -0.493 e. The van der Waals surface area contributed by atoms with Crippen molar-refractivity contribution in [2.45, 2.75) is 20.1 Å².